The average Bonchev–Trinajstić information content (AvgIpc) is 3.24. The van der Waals surface area contributed by atoms with Crippen LogP contribution in [0.5, 0.6) is 5.75 Å². The summed E-state index contributed by atoms with van der Waals surface area (Å²) in [6, 6.07) is 16.0. The third-order valence-corrected chi connectivity index (χ3v) is 6.24. The molecule has 1 aliphatic heterocycles. The van der Waals surface area contributed by atoms with Gasteiger partial charge in [0.15, 0.2) is 0 Å². The van der Waals surface area contributed by atoms with Crippen molar-refractivity contribution in [2.24, 2.45) is 0 Å². The lowest BCUT2D eigenvalue weighted by Gasteiger charge is -2.29. The summed E-state index contributed by atoms with van der Waals surface area (Å²) in [5.41, 5.74) is 2.31. The van der Waals surface area contributed by atoms with Crippen molar-refractivity contribution in [3.63, 3.8) is 0 Å². The Hall–Kier alpha value is -1.69. The van der Waals surface area contributed by atoms with Crippen LogP contribution in [0.15, 0.2) is 48.5 Å². The van der Waals surface area contributed by atoms with Crippen molar-refractivity contribution in [1.29, 1.82) is 0 Å². The Morgan fingerprint density at radius 3 is 2.61 bits per heavy atom. The van der Waals surface area contributed by atoms with Crippen molar-refractivity contribution in [1.82, 2.24) is 10.2 Å². The number of thioether (sulfide) groups is 1. The van der Waals surface area contributed by atoms with Gasteiger partial charge in [0.1, 0.15) is 5.75 Å². The van der Waals surface area contributed by atoms with Crippen LogP contribution < -0.4 is 10.1 Å². The fraction of sp³-hybridized carbons (Fsp3) is 0.409. The molecular formula is C22H27ClN2O2S. The number of hydrogen-bond donors (Lipinski definition) is 1. The Labute approximate surface area is 176 Å². The summed E-state index contributed by atoms with van der Waals surface area (Å²) < 4.78 is 5.56. The summed E-state index contributed by atoms with van der Waals surface area (Å²) in [6.07, 6.45) is 2.41. The number of carbonyl (C=O) groups is 1. The smallest absolute Gasteiger partial charge is 0.230 e. The molecule has 1 heterocycles. The highest BCUT2D eigenvalue weighted by atomic mass is 35.5. The number of likely N-dealkylation sites (tertiary alicyclic amines) is 1. The molecule has 1 unspecified atom stereocenters. The van der Waals surface area contributed by atoms with Crippen molar-refractivity contribution >= 4 is 29.3 Å². The predicted octanol–water partition coefficient (Wildman–Crippen LogP) is 4.54. The summed E-state index contributed by atoms with van der Waals surface area (Å²) in [4.78, 5) is 14.8. The van der Waals surface area contributed by atoms with Crippen molar-refractivity contribution < 1.29 is 9.53 Å². The van der Waals surface area contributed by atoms with Crippen LogP contribution in [0.1, 0.15) is 30.0 Å². The zero-order chi connectivity index (χ0) is 19.8. The van der Waals surface area contributed by atoms with E-state index in [9.17, 15) is 4.79 Å². The number of methoxy groups -OCH3 is 1. The number of hydrogen-bond acceptors (Lipinski definition) is 4. The quantitative estimate of drug-likeness (QED) is 0.649. The van der Waals surface area contributed by atoms with E-state index in [1.807, 2.05) is 42.5 Å². The molecule has 1 atom stereocenters. The van der Waals surface area contributed by atoms with E-state index < -0.39 is 0 Å². The van der Waals surface area contributed by atoms with Crippen molar-refractivity contribution in [2.45, 2.75) is 24.6 Å². The number of carbonyl (C=O) groups excluding carboxylic acids is 1. The first-order valence-corrected chi connectivity index (χ1v) is 11.2. The lowest BCUT2D eigenvalue weighted by molar-refractivity contribution is -0.118. The molecule has 1 aliphatic rings. The van der Waals surface area contributed by atoms with Crippen LogP contribution >= 0.6 is 23.4 Å². The van der Waals surface area contributed by atoms with E-state index in [2.05, 4.69) is 16.3 Å². The number of benzene rings is 2. The maximum atomic E-state index is 12.4. The zero-order valence-corrected chi connectivity index (χ0v) is 17.8. The van der Waals surface area contributed by atoms with Crippen molar-refractivity contribution in [2.75, 3.05) is 32.5 Å². The molecule has 1 amide bonds. The number of halogens is 1. The molecule has 2 aromatic rings. The highest BCUT2D eigenvalue weighted by Gasteiger charge is 2.26. The number of rotatable bonds is 9. The van der Waals surface area contributed by atoms with Crippen LogP contribution in [0.25, 0.3) is 0 Å². The van der Waals surface area contributed by atoms with Gasteiger partial charge < -0.3 is 10.1 Å². The van der Waals surface area contributed by atoms with E-state index in [1.54, 1.807) is 18.9 Å². The lowest BCUT2D eigenvalue weighted by atomic mass is 10.0. The molecule has 1 saturated heterocycles. The highest BCUT2D eigenvalue weighted by molar-refractivity contribution is 7.99. The van der Waals surface area contributed by atoms with Gasteiger partial charge in [-0.2, -0.15) is 0 Å². The molecule has 0 spiro atoms. The summed E-state index contributed by atoms with van der Waals surface area (Å²) in [7, 11) is 1.70. The van der Waals surface area contributed by atoms with Gasteiger partial charge >= 0.3 is 0 Å². The van der Waals surface area contributed by atoms with Gasteiger partial charge in [-0.3, -0.25) is 9.69 Å². The van der Waals surface area contributed by atoms with E-state index in [4.69, 9.17) is 16.3 Å². The van der Waals surface area contributed by atoms with Crippen LogP contribution in [-0.2, 0) is 10.5 Å². The van der Waals surface area contributed by atoms with Gasteiger partial charge in [0.2, 0.25) is 5.91 Å². The topological polar surface area (TPSA) is 41.6 Å². The molecule has 28 heavy (non-hydrogen) atoms. The minimum atomic E-state index is 0.0676. The number of nitrogens with one attached hydrogen (secondary N) is 1. The Morgan fingerprint density at radius 2 is 1.89 bits per heavy atom. The van der Waals surface area contributed by atoms with Gasteiger partial charge in [0, 0.05) is 22.9 Å². The Kier molecular flexibility index (Phi) is 8.07. The summed E-state index contributed by atoms with van der Waals surface area (Å²) in [5.74, 6) is 2.19. The van der Waals surface area contributed by atoms with E-state index >= 15 is 0 Å². The van der Waals surface area contributed by atoms with Crippen LogP contribution in [0, 0.1) is 0 Å². The fourth-order valence-electron chi connectivity index (χ4n) is 3.53. The molecule has 0 aliphatic carbocycles. The van der Waals surface area contributed by atoms with Crippen LogP contribution in [0.4, 0.5) is 0 Å². The average molecular weight is 419 g/mol. The van der Waals surface area contributed by atoms with Gasteiger partial charge in [-0.15, -0.1) is 11.8 Å². The molecule has 0 radical (unpaired) electrons. The van der Waals surface area contributed by atoms with Gasteiger partial charge in [-0.1, -0.05) is 41.9 Å². The maximum absolute atomic E-state index is 12.4. The van der Waals surface area contributed by atoms with E-state index in [-0.39, 0.29) is 11.9 Å². The third-order valence-electron chi connectivity index (χ3n) is 4.99. The molecule has 2 aromatic carbocycles. The largest absolute Gasteiger partial charge is 0.496 e. The van der Waals surface area contributed by atoms with Crippen LogP contribution in [-0.4, -0.2) is 43.3 Å². The maximum Gasteiger partial charge on any atom is 0.230 e. The summed E-state index contributed by atoms with van der Waals surface area (Å²) in [5, 5.41) is 3.86. The van der Waals surface area contributed by atoms with E-state index in [0.29, 0.717) is 12.3 Å². The standard InChI is InChI=1S/C22H27ClN2O2S/c1-27-21-7-3-2-6-19(21)20(25-12-4-5-13-25)14-24-22(26)16-28-15-17-8-10-18(23)11-9-17/h2-3,6-11,20H,4-5,12-16H2,1H3,(H,24,26). The molecule has 0 saturated carbocycles. The van der Waals surface area contributed by atoms with Gasteiger partial charge in [-0.05, 0) is 49.7 Å². The summed E-state index contributed by atoms with van der Waals surface area (Å²) >= 11 is 7.52. The van der Waals surface area contributed by atoms with Crippen LogP contribution in [0.3, 0.4) is 0 Å². The normalized spacial score (nSPS) is 15.4. The lowest BCUT2D eigenvalue weighted by Crippen LogP contribution is -2.37. The number of amides is 1. The molecule has 150 valence electrons. The SMILES string of the molecule is COc1ccccc1C(CNC(=O)CSCc1ccc(Cl)cc1)N1CCCC1. The fourth-order valence-corrected chi connectivity index (χ4v) is 4.48. The van der Waals surface area contributed by atoms with Crippen molar-refractivity contribution in [3.8, 4) is 5.75 Å². The number of para-hydroxylation sites is 1. The van der Waals surface area contributed by atoms with Gasteiger partial charge in [0.05, 0.1) is 18.9 Å². The van der Waals surface area contributed by atoms with Gasteiger partial charge in [0.25, 0.3) is 0 Å². The molecule has 1 N–H and O–H groups in total. The van der Waals surface area contributed by atoms with Crippen molar-refractivity contribution in [3.05, 3.63) is 64.7 Å². The van der Waals surface area contributed by atoms with E-state index in [1.165, 1.54) is 18.4 Å². The second kappa shape index (κ2) is 10.7. The second-order valence-corrected chi connectivity index (χ2v) is 8.35. The predicted molar refractivity (Wildman–Crippen MR) is 117 cm³/mol. The minimum absolute atomic E-state index is 0.0676. The Bertz CT molecular complexity index is 763. The third kappa shape index (κ3) is 5.90. The Balaban J connectivity index is 1.54. The molecule has 0 aromatic heterocycles. The van der Waals surface area contributed by atoms with E-state index in [0.717, 1.165) is 35.2 Å². The second-order valence-electron chi connectivity index (χ2n) is 6.92. The zero-order valence-electron chi connectivity index (χ0n) is 16.2. The molecule has 3 rings (SSSR count). The Morgan fingerprint density at radius 1 is 1.18 bits per heavy atom. The monoisotopic (exact) mass is 418 g/mol. The number of ether oxygens (including phenoxy) is 1. The first-order chi connectivity index (χ1) is 13.7. The first-order valence-electron chi connectivity index (χ1n) is 9.63. The van der Waals surface area contributed by atoms with Crippen LogP contribution in [0.2, 0.25) is 5.02 Å². The molecule has 6 heteroatoms. The highest BCUT2D eigenvalue weighted by Crippen LogP contribution is 2.31. The van der Waals surface area contributed by atoms with Gasteiger partial charge in [-0.25, -0.2) is 0 Å². The minimum Gasteiger partial charge on any atom is -0.496 e. The number of nitrogens with zero attached hydrogens (tertiary/aromatic N) is 1. The molecule has 4 nitrogen and oxygen atoms in total. The molecule has 0 bridgehead atoms. The first kappa shape index (κ1) is 21.0. The molecular weight excluding hydrogens is 392 g/mol. The molecule has 1 fully saturated rings. The summed E-state index contributed by atoms with van der Waals surface area (Å²) in [6.45, 7) is 2.72.